The van der Waals surface area contributed by atoms with Crippen LogP contribution in [0.15, 0.2) is 53.1 Å². The third-order valence-electron chi connectivity index (χ3n) is 4.89. The van der Waals surface area contributed by atoms with Crippen LogP contribution in [0.2, 0.25) is 0 Å². The molecule has 1 heterocycles. The molecule has 0 saturated carbocycles. The lowest BCUT2D eigenvalue weighted by Crippen LogP contribution is -3.11. The lowest BCUT2D eigenvalue weighted by Gasteiger charge is -2.15. The quantitative estimate of drug-likeness (QED) is 0.491. The Morgan fingerprint density at radius 1 is 0.968 bits per heavy atom. The van der Waals surface area contributed by atoms with Gasteiger partial charge in [-0.1, -0.05) is 36.3 Å². The molecule has 0 aliphatic rings. The summed E-state index contributed by atoms with van der Waals surface area (Å²) in [5.41, 5.74) is 3.52. The van der Waals surface area contributed by atoms with Crippen molar-refractivity contribution in [3.05, 3.63) is 60.0 Å². The number of anilines is 2. The second kappa shape index (κ2) is 10.5. The molecule has 2 aromatic carbocycles. The van der Waals surface area contributed by atoms with Crippen LogP contribution in [0.3, 0.4) is 0 Å². The first-order valence-corrected chi connectivity index (χ1v) is 10.4. The molecule has 0 radical (unpaired) electrons. The standard InChI is InChI=1S/C23H27N5O3/c1-4-17-6-8-18(9-7-17)23-26-22(31-27-23)15-28(5-2)14-21(30)25-20-12-10-19(11-13-20)24-16(3)29/h6-13H,4-5,14-15H2,1-3H3,(H,24,29)(H,25,30)/p+1. The van der Waals surface area contributed by atoms with E-state index in [0.717, 1.165) is 23.4 Å². The fraction of sp³-hybridized carbons (Fsp3) is 0.304. The Hall–Kier alpha value is -3.52. The summed E-state index contributed by atoms with van der Waals surface area (Å²) in [6, 6.07) is 15.1. The van der Waals surface area contributed by atoms with Crippen LogP contribution in [0.5, 0.6) is 0 Å². The Morgan fingerprint density at radius 3 is 2.19 bits per heavy atom. The SMILES string of the molecule is CCc1ccc(-c2noc(C[NH+](CC)CC(=O)Nc3ccc(NC(C)=O)cc3)n2)cc1. The van der Waals surface area contributed by atoms with E-state index in [1.165, 1.54) is 12.5 Å². The number of carbonyl (C=O) groups excluding carboxylic acids is 2. The Labute approximate surface area is 181 Å². The number of nitrogens with zero attached hydrogens (tertiary/aromatic N) is 2. The Balaban J connectivity index is 1.55. The fourth-order valence-corrected chi connectivity index (χ4v) is 3.13. The van der Waals surface area contributed by atoms with Crippen molar-refractivity contribution < 1.29 is 19.0 Å². The van der Waals surface area contributed by atoms with E-state index in [9.17, 15) is 9.59 Å². The van der Waals surface area contributed by atoms with Crippen LogP contribution >= 0.6 is 0 Å². The number of carbonyl (C=O) groups is 2. The molecule has 0 spiro atoms. The zero-order valence-electron chi connectivity index (χ0n) is 18.1. The van der Waals surface area contributed by atoms with Crippen LogP contribution in [0.25, 0.3) is 11.4 Å². The van der Waals surface area contributed by atoms with Crippen molar-refractivity contribution in [2.24, 2.45) is 0 Å². The number of nitrogens with one attached hydrogen (secondary N) is 3. The summed E-state index contributed by atoms with van der Waals surface area (Å²) in [5, 5.41) is 9.64. The minimum absolute atomic E-state index is 0.112. The van der Waals surface area contributed by atoms with Crippen molar-refractivity contribution in [2.75, 3.05) is 23.7 Å². The molecular weight excluding hydrogens is 394 g/mol. The molecule has 8 heteroatoms. The second-order valence-corrected chi connectivity index (χ2v) is 7.33. The monoisotopic (exact) mass is 422 g/mol. The van der Waals surface area contributed by atoms with Crippen molar-refractivity contribution in [2.45, 2.75) is 33.7 Å². The number of hydrogen-bond acceptors (Lipinski definition) is 5. The van der Waals surface area contributed by atoms with Gasteiger partial charge in [0.15, 0.2) is 13.1 Å². The van der Waals surface area contributed by atoms with Gasteiger partial charge in [0.1, 0.15) is 0 Å². The van der Waals surface area contributed by atoms with E-state index in [0.29, 0.717) is 29.6 Å². The van der Waals surface area contributed by atoms with Crippen molar-refractivity contribution in [3.63, 3.8) is 0 Å². The lowest BCUT2D eigenvalue weighted by atomic mass is 10.1. The van der Waals surface area contributed by atoms with Crippen LogP contribution < -0.4 is 15.5 Å². The van der Waals surface area contributed by atoms with Gasteiger partial charge in [-0.05, 0) is 43.2 Å². The van der Waals surface area contributed by atoms with Gasteiger partial charge in [0, 0.05) is 23.9 Å². The average Bonchev–Trinajstić information content (AvgIpc) is 3.23. The van der Waals surface area contributed by atoms with E-state index in [4.69, 9.17) is 4.52 Å². The van der Waals surface area contributed by atoms with Gasteiger partial charge in [0.2, 0.25) is 11.7 Å². The second-order valence-electron chi connectivity index (χ2n) is 7.33. The maximum atomic E-state index is 12.5. The summed E-state index contributed by atoms with van der Waals surface area (Å²) in [6.45, 7) is 7.04. The molecule has 0 aliphatic carbocycles. The lowest BCUT2D eigenvalue weighted by molar-refractivity contribution is -0.905. The van der Waals surface area contributed by atoms with Gasteiger partial charge in [-0.15, -0.1) is 0 Å². The highest BCUT2D eigenvalue weighted by molar-refractivity contribution is 5.92. The first-order chi connectivity index (χ1) is 15.0. The third-order valence-corrected chi connectivity index (χ3v) is 4.89. The number of likely N-dealkylation sites (N-methyl/N-ethyl adjacent to an activating group) is 1. The smallest absolute Gasteiger partial charge is 0.282 e. The largest absolute Gasteiger partial charge is 0.333 e. The van der Waals surface area contributed by atoms with Crippen molar-refractivity contribution in [1.29, 1.82) is 0 Å². The summed E-state index contributed by atoms with van der Waals surface area (Å²) in [6.07, 6.45) is 0.980. The molecule has 8 nitrogen and oxygen atoms in total. The molecule has 2 amide bonds. The summed E-state index contributed by atoms with van der Waals surface area (Å²) in [4.78, 5) is 29.0. The minimum atomic E-state index is -0.138. The normalized spacial score (nSPS) is 11.7. The number of quaternary nitrogens is 1. The minimum Gasteiger partial charge on any atom is -0.333 e. The van der Waals surface area contributed by atoms with Gasteiger partial charge in [-0.3, -0.25) is 9.59 Å². The maximum Gasteiger partial charge on any atom is 0.282 e. The predicted octanol–water partition coefficient (Wildman–Crippen LogP) is 2.30. The average molecular weight is 423 g/mol. The van der Waals surface area contributed by atoms with Gasteiger partial charge >= 0.3 is 0 Å². The highest BCUT2D eigenvalue weighted by Gasteiger charge is 2.18. The molecular formula is C23H28N5O3+. The van der Waals surface area contributed by atoms with Gasteiger partial charge in [0.05, 0.1) is 6.54 Å². The predicted molar refractivity (Wildman–Crippen MR) is 119 cm³/mol. The van der Waals surface area contributed by atoms with Gasteiger partial charge in [-0.25, -0.2) is 0 Å². The van der Waals surface area contributed by atoms with Crippen LogP contribution in [0.1, 0.15) is 32.2 Å². The van der Waals surface area contributed by atoms with Crippen LogP contribution in [-0.4, -0.2) is 35.0 Å². The molecule has 0 bridgehead atoms. The summed E-state index contributed by atoms with van der Waals surface area (Å²) in [5.74, 6) is 0.802. The van der Waals surface area contributed by atoms with E-state index in [1.54, 1.807) is 24.3 Å². The number of aryl methyl sites for hydroxylation is 1. The molecule has 31 heavy (non-hydrogen) atoms. The number of hydrogen-bond donors (Lipinski definition) is 3. The summed E-state index contributed by atoms with van der Waals surface area (Å²) in [7, 11) is 0. The Kier molecular flexibility index (Phi) is 7.50. The van der Waals surface area contributed by atoms with Crippen LogP contribution in [0, 0.1) is 0 Å². The van der Waals surface area contributed by atoms with E-state index in [2.05, 4.69) is 39.8 Å². The zero-order chi connectivity index (χ0) is 22.2. The molecule has 0 saturated heterocycles. The van der Waals surface area contributed by atoms with Crippen LogP contribution in [-0.2, 0) is 22.6 Å². The Bertz CT molecular complexity index is 1010. The fourth-order valence-electron chi connectivity index (χ4n) is 3.13. The van der Waals surface area contributed by atoms with Crippen molar-refractivity contribution >= 4 is 23.2 Å². The number of amides is 2. The van der Waals surface area contributed by atoms with E-state index < -0.39 is 0 Å². The molecule has 1 atom stereocenters. The van der Waals surface area contributed by atoms with Crippen LogP contribution in [0.4, 0.5) is 11.4 Å². The van der Waals surface area contributed by atoms with Gasteiger partial charge < -0.3 is 20.1 Å². The van der Waals surface area contributed by atoms with Crippen molar-refractivity contribution in [1.82, 2.24) is 10.1 Å². The zero-order valence-corrected chi connectivity index (χ0v) is 18.1. The molecule has 162 valence electrons. The maximum absolute atomic E-state index is 12.5. The topological polar surface area (TPSA) is 102 Å². The van der Waals surface area contributed by atoms with E-state index in [-0.39, 0.29) is 18.4 Å². The van der Waals surface area contributed by atoms with Crippen molar-refractivity contribution in [3.8, 4) is 11.4 Å². The molecule has 1 aromatic heterocycles. The van der Waals surface area contributed by atoms with Gasteiger partial charge in [0.25, 0.3) is 11.8 Å². The molecule has 0 fully saturated rings. The third kappa shape index (κ3) is 6.48. The Morgan fingerprint density at radius 2 is 1.61 bits per heavy atom. The summed E-state index contributed by atoms with van der Waals surface area (Å²) >= 11 is 0. The van der Waals surface area contributed by atoms with E-state index in [1.807, 2.05) is 19.1 Å². The molecule has 3 rings (SSSR count). The highest BCUT2D eigenvalue weighted by atomic mass is 16.5. The molecule has 1 unspecified atom stereocenters. The number of rotatable bonds is 9. The molecule has 3 N–H and O–H groups in total. The molecule has 3 aromatic rings. The van der Waals surface area contributed by atoms with Gasteiger partial charge in [-0.2, -0.15) is 4.98 Å². The first kappa shape index (κ1) is 22.2. The molecule has 0 aliphatic heterocycles. The summed E-state index contributed by atoms with van der Waals surface area (Å²) < 4.78 is 5.40. The number of aromatic nitrogens is 2. The highest BCUT2D eigenvalue weighted by Crippen LogP contribution is 2.16. The van der Waals surface area contributed by atoms with E-state index >= 15 is 0 Å². The number of benzene rings is 2. The first-order valence-electron chi connectivity index (χ1n) is 10.4.